The molecule has 0 bridgehead atoms. The molecule has 1 aromatic carbocycles. The van der Waals surface area contributed by atoms with E-state index in [1.165, 1.54) is 0 Å². The average Bonchev–Trinajstić information content (AvgIpc) is 2.25. The second kappa shape index (κ2) is 6.45. The summed E-state index contributed by atoms with van der Waals surface area (Å²) in [5.41, 5.74) is 9.04. The highest BCUT2D eigenvalue weighted by Crippen LogP contribution is 2.23. The molecule has 0 radical (unpaired) electrons. The van der Waals surface area contributed by atoms with Gasteiger partial charge in [0.2, 0.25) is 0 Å². The van der Waals surface area contributed by atoms with Crippen molar-refractivity contribution in [3.8, 4) is 0 Å². The van der Waals surface area contributed by atoms with E-state index >= 15 is 0 Å². The number of anilines is 1. The summed E-state index contributed by atoms with van der Waals surface area (Å²) in [6.07, 6.45) is -0.548. The highest BCUT2D eigenvalue weighted by atomic mass is 79.9. The molecule has 0 saturated heterocycles. The summed E-state index contributed by atoms with van der Waals surface area (Å²) in [7, 11) is 0. The van der Waals surface area contributed by atoms with Crippen LogP contribution in [0.5, 0.6) is 0 Å². The summed E-state index contributed by atoms with van der Waals surface area (Å²) in [5.74, 6) is 0. The van der Waals surface area contributed by atoms with E-state index in [0.717, 1.165) is 4.47 Å². The van der Waals surface area contributed by atoms with Crippen molar-refractivity contribution in [1.82, 2.24) is 0 Å². The second-order valence-electron chi connectivity index (χ2n) is 4.82. The van der Waals surface area contributed by atoms with E-state index in [1.807, 2.05) is 6.07 Å². The standard InChI is InChI=1S/C12H15BrN4O2/c1-12(2,3)19-11(18)16-10-6-9(13)5-4-8(10)7-15-17-14/h4-6H,7H2,1-3H3,(H,16,18). The maximum absolute atomic E-state index is 11.7. The predicted octanol–water partition coefficient (Wildman–Crippen LogP) is 4.61. The summed E-state index contributed by atoms with van der Waals surface area (Å²) in [6.45, 7) is 5.52. The fourth-order valence-corrected chi connectivity index (χ4v) is 1.69. The maximum atomic E-state index is 11.7. The van der Waals surface area contributed by atoms with Crippen molar-refractivity contribution >= 4 is 27.7 Å². The van der Waals surface area contributed by atoms with Gasteiger partial charge in [-0.3, -0.25) is 5.32 Å². The molecule has 6 nitrogen and oxygen atoms in total. The lowest BCUT2D eigenvalue weighted by molar-refractivity contribution is 0.0636. The van der Waals surface area contributed by atoms with Gasteiger partial charge in [0.1, 0.15) is 5.60 Å². The smallest absolute Gasteiger partial charge is 0.412 e. The lowest BCUT2D eigenvalue weighted by Gasteiger charge is -2.20. The minimum Gasteiger partial charge on any atom is -0.444 e. The largest absolute Gasteiger partial charge is 0.444 e. The highest BCUT2D eigenvalue weighted by molar-refractivity contribution is 9.10. The molecule has 0 heterocycles. The molecule has 0 atom stereocenters. The number of ether oxygens (including phenoxy) is 1. The summed E-state index contributed by atoms with van der Waals surface area (Å²) in [4.78, 5) is 14.4. The molecule has 0 unspecified atom stereocenters. The number of rotatable bonds is 3. The number of carbonyl (C=O) groups excluding carboxylic acids is 1. The predicted molar refractivity (Wildman–Crippen MR) is 76.8 cm³/mol. The Hall–Kier alpha value is -1.72. The van der Waals surface area contributed by atoms with Gasteiger partial charge < -0.3 is 4.74 Å². The number of hydrogen-bond acceptors (Lipinski definition) is 3. The monoisotopic (exact) mass is 326 g/mol. The van der Waals surface area contributed by atoms with E-state index in [-0.39, 0.29) is 6.54 Å². The van der Waals surface area contributed by atoms with Gasteiger partial charge in [0, 0.05) is 15.1 Å². The summed E-state index contributed by atoms with van der Waals surface area (Å²) >= 11 is 3.32. The Balaban J connectivity index is 2.89. The van der Waals surface area contributed by atoms with Gasteiger partial charge in [-0.15, -0.1) is 0 Å². The molecule has 1 aromatic rings. The average molecular weight is 327 g/mol. The molecule has 0 aliphatic carbocycles. The van der Waals surface area contributed by atoms with Gasteiger partial charge in [-0.05, 0) is 44.0 Å². The van der Waals surface area contributed by atoms with Crippen LogP contribution in [0.15, 0.2) is 27.8 Å². The van der Waals surface area contributed by atoms with E-state index in [1.54, 1.807) is 32.9 Å². The highest BCUT2D eigenvalue weighted by Gasteiger charge is 2.17. The maximum Gasteiger partial charge on any atom is 0.412 e. The number of azide groups is 1. The molecule has 0 saturated carbocycles. The van der Waals surface area contributed by atoms with Gasteiger partial charge in [0.05, 0.1) is 6.54 Å². The van der Waals surface area contributed by atoms with Gasteiger partial charge in [0.15, 0.2) is 0 Å². The molecule has 1 N–H and O–H groups in total. The Labute approximate surface area is 119 Å². The third-order valence-electron chi connectivity index (χ3n) is 2.01. The van der Waals surface area contributed by atoms with E-state index < -0.39 is 11.7 Å². The van der Waals surface area contributed by atoms with Gasteiger partial charge in [-0.1, -0.05) is 27.1 Å². The van der Waals surface area contributed by atoms with Gasteiger partial charge >= 0.3 is 6.09 Å². The van der Waals surface area contributed by atoms with Crippen LogP contribution >= 0.6 is 15.9 Å². The Morgan fingerprint density at radius 1 is 1.53 bits per heavy atom. The normalized spacial score (nSPS) is 10.5. The first kappa shape index (κ1) is 15.3. The zero-order chi connectivity index (χ0) is 14.5. The second-order valence-corrected chi connectivity index (χ2v) is 5.73. The SMILES string of the molecule is CC(C)(C)OC(=O)Nc1cc(Br)ccc1CN=[N+]=[N-]. The van der Waals surface area contributed by atoms with Gasteiger partial charge in [-0.2, -0.15) is 0 Å². The third-order valence-corrected chi connectivity index (χ3v) is 2.51. The molecule has 7 heteroatoms. The Bertz CT molecular complexity index is 519. The lowest BCUT2D eigenvalue weighted by atomic mass is 10.2. The molecule has 0 fully saturated rings. The third kappa shape index (κ3) is 5.63. The van der Waals surface area contributed by atoms with Crippen molar-refractivity contribution < 1.29 is 9.53 Å². The van der Waals surface area contributed by atoms with Crippen LogP contribution in [0.25, 0.3) is 10.4 Å². The molecule has 0 aromatic heterocycles. The number of nitrogens with one attached hydrogen (secondary N) is 1. The van der Waals surface area contributed by atoms with E-state index in [9.17, 15) is 4.79 Å². The van der Waals surface area contributed by atoms with Crippen molar-refractivity contribution in [2.75, 3.05) is 5.32 Å². The van der Waals surface area contributed by atoms with Crippen molar-refractivity contribution in [3.63, 3.8) is 0 Å². The Morgan fingerprint density at radius 2 is 2.21 bits per heavy atom. The van der Waals surface area contributed by atoms with Crippen molar-refractivity contribution in [1.29, 1.82) is 0 Å². The number of amides is 1. The minimum atomic E-state index is -0.568. The number of nitrogens with zero attached hydrogens (tertiary/aromatic N) is 3. The first-order chi connectivity index (χ1) is 8.81. The van der Waals surface area contributed by atoms with E-state index in [0.29, 0.717) is 11.3 Å². The zero-order valence-corrected chi connectivity index (χ0v) is 12.6. The Kier molecular flexibility index (Phi) is 5.20. The molecular weight excluding hydrogens is 312 g/mol. The molecule has 0 aliphatic rings. The van der Waals surface area contributed by atoms with Crippen LogP contribution in [0.4, 0.5) is 10.5 Å². The van der Waals surface area contributed by atoms with Crippen molar-refractivity contribution in [2.24, 2.45) is 5.11 Å². The quantitative estimate of drug-likeness (QED) is 0.499. The fourth-order valence-electron chi connectivity index (χ4n) is 1.32. The minimum absolute atomic E-state index is 0.162. The molecule has 102 valence electrons. The molecular formula is C12H15BrN4O2. The van der Waals surface area contributed by atoms with Crippen LogP contribution in [0.1, 0.15) is 26.3 Å². The topological polar surface area (TPSA) is 87.1 Å². The van der Waals surface area contributed by atoms with Crippen molar-refractivity contribution in [3.05, 3.63) is 38.7 Å². The van der Waals surface area contributed by atoms with Crippen molar-refractivity contribution in [2.45, 2.75) is 32.9 Å². The van der Waals surface area contributed by atoms with Crippen LogP contribution in [0.2, 0.25) is 0 Å². The first-order valence-corrected chi connectivity index (χ1v) is 6.40. The molecule has 0 spiro atoms. The number of benzene rings is 1. The number of halogens is 1. The summed E-state index contributed by atoms with van der Waals surface area (Å²) < 4.78 is 5.98. The van der Waals surface area contributed by atoms with Crippen LogP contribution in [0, 0.1) is 0 Å². The molecule has 0 aliphatic heterocycles. The van der Waals surface area contributed by atoms with E-state index in [4.69, 9.17) is 10.3 Å². The summed E-state index contributed by atoms with van der Waals surface area (Å²) in [6, 6.07) is 5.31. The lowest BCUT2D eigenvalue weighted by Crippen LogP contribution is -2.27. The number of carbonyl (C=O) groups is 1. The Morgan fingerprint density at radius 3 is 2.79 bits per heavy atom. The summed E-state index contributed by atoms with van der Waals surface area (Å²) in [5, 5.41) is 6.13. The zero-order valence-electron chi connectivity index (χ0n) is 11.0. The molecule has 19 heavy (non-hydrogen) atoms. The van der Waals surface area contributed by atoms with Gasteiger partial charge in [0.25, 0.3) is 0 Å². The van der Waals surface area contributed by atoms with E-state index in [2.05, 4.69) is 31.3 Å². The van der Waals surface area contributed by atoms with Crippen LogP contribution in [-0.2, 0) is 11.3 Å². The molecule has 1 amide bonds. The van der Waals surface area contributed by atoms with Crippen LogP contribution in [0.3, 0.4) is 0 Å². The fraction of sp³-hybridized carbons (Fsp3) is 0.417. The van der Waals surface area contributed by atoms with Crippen LogP contribution in [-0.4, -0.2) is 11.7 Å². The molecule has 1 rings (SSSR count). The number of hydrogen-bond donors (Lipinski definition) is 1. The van der Waals surface area contributed by atoms with Crippen LogP contribution < -0.4 is 5.32 Å². The first-order valence-electron chi connectivity index (χ1n) is 5.61. The van der Waals surface area contributed by atoms with Gasteiger partial charge in [-0.25, -0.2) is 4.79 Å².